The van der Waals surface area contributed by atoms with Crippen molar-refractivity contribution in [2.24, 2.45) is 0 Å². The molecule has 24 heavy (non-hydrogen) atoms. The molecule has 1 unspecified atom stereocenters. The summed E-state index contributed by atoms with van der Waals surface area (Å²) >= 11 is 1.68. The molecule has 1 amide bonds. The van der Waals surface area contributed by atoms with Gasteiger partial charge in [0.05, 0.1) is 12.2 Å². The van der Waals surface area contributed by atoms with Crippen LogP contribution < -0.4 is 10.6 Å². The van der Waals surface area contributed by atoms with E-state index in [1.165, 1.54) is 17.0 Å². The van der Waals surface area contributed by atoms with E-state index in [-0.39, 0.29) is 17.9 Å². The Bertz CT molecular complexity index is 857. The maximum absolute atomic E-state index is 13.1. The van der Waals surface area contributed by atoms with E-state index >= 15 is 0 Å². The van der Waals surface area contributed by atoms with Gasteiger partial charge in [-0.25, -0.2) is 9.07 Å². The zero-order valence-corrected chi connectivity index (χ0v) is 13.5. The third-order valence-electron chi connectivity index (χ3n) is 3.95. The van der Waals surface area contributed by atoms with Crippen LogP contribution in [0.1, 0.15) is 21.5 Å². The van der Waals surface area contributed by atoms with Gasteiger partial charge < -0.3 is 5.32 Å². The fraction of sp³-hybridized carbons (Fsp3) is 0.176. The van der Waals surface area contributed by atoms with Crippen LogP contribution in [0.3, 0.4) is 0 Å². The van der Waals surface area contributed by atoms with Crippen molar-refractivity contribution in [3.8, 4) is 11.3 Å². The normalized spacial score (nSPS) is 16.7. The minimum atomic E-state index is -0.295. The van der Waals surface area contributed by atoms with Crippen LogP contribution in [-0.4, -0.2) is 22.2 Å². The fourth-order valence-electron chi connectivity index (χ4n) is 2.72. The lowest BCUT2D eigenvalue weighted by atomic mass is 10.1. The van der Waals surface area contributed by atoms with E-state index in [4.69, 9.17) is 0 Å². The van der Waals surface area contributed by atoms with Gasteiger partial charge in [-0.3, -0.25) is 10.1 Å². The second-order valence-electron chi connectivity index (χ2n) is 5.55. The number of hydrogen-bond acceptors (Lipinski definition) is 4. The molecule has 0 spiro atoms. The monoisotopic (exact) mass is 342 g/mol. The summed E-state index contributed by atoms with van der Waals surface area (Å²) in [6.45, 7) is 1.19. The minimum Gasteiger partial charge on any atom is -0.347 e. The highest BCUT2D eigenvalue weighted by atomic mass is 32.1. The fourth-order valence-corrected chi connectivity index (χ4v) is 3.38. The summed E-state index contributed by atoms with van der Waals surface area (Å²) in [6, 6.07) is 11.9. The topological polar surface area (TPSA) is 59.0 Å². The van der Waals surface area contributed by atoms with Gasteiger partial charge in [-0.2, -0.15) is 5.10 Å². The molecule has 0 radical (unpaired) electrons. The van der Waals surface area contributed by atoms with Crippen molar-refractivity contribution in [2.45, 2.75) is 12.7 Å². The molecule has 1 aliphatic rings. The number of amides is 1. The van der Waals surface area contributed by atoms with Crippen LogP contribution in [0.5, 0.6) is 0 Å². The second-order valence-corrected chi connectivity index (χ2v) is 6.58. The Labute approximate surface area is 142 Å². The smallest absolute Gasteiger partial charge is 0.269 e. The Kier molecular flexibility index (Phi) is 3.87. The van der Waals surface area contributed by atoms with Crippen molar-refractivity contribution in [3.05, 3.63) is 64.2 Å². The molecule has 0 saturated heterocycles. The summed E-state index contributed by atoms with van der Waals surface area (Å²) in [5.41, 5.74) is 1.94. The summed E-state index contributed by atoms with van der Waals surface area (Å²) < 4.78 is 14.8. The Morgan fingerprint density at radius 1 is 1.33 bits per heavy atom. The molecular formula is C17H15FN4OS. The van der Waals surface area contributed by atoms with E-state index in [1.54, 1.807) is 34.2 Å². The SMILES string of the molecule is O=C1NCC(NCc2cccs2)n2nc(-c3ccc(F)cc3)cc21. The van der Waals surface area contributed by atoms with Crippen LogP contribution in [0, 0.1) is 5.82 Å². The predicted octanol–water partition coefficient (Wildman–Crippen LogP) is 2.78. The molecular weight excluding hydrogens is 327 g/mol. The van der Waals surface area contributed by atoms with Gasteiger partial charge >= 0.3 is 0 Å². The Morgan fingerprint density at radius 3 is 2.92 bits per heavy atom. The highest BCUT2D eigenvalue weighted by Gasteiger charge is 2.27. The number of nitrogens with one attached hydrogen (secondary N) is 2. The molecule has 4 rings (SSSR count). The van der Waals surface area contributed by atoms with Gasteiger partial charge in [0.25, 0.3) is 5.91 Å². The summed E-state index contributed by atoms with van der Waals surface area (Å²) in [4.78, 5) is 13.3. The summed E-state index contributed by atoms with van der Waals surface area (Å²) in [7, 11) is 0. The number of nitrogens with zero attached hydrogens (tertiary/aromatic N) is 2. The van der Waals surface area contributed by atoms with Crippen LogP contribution in [0.15, 0.2) is 47.8 Å². The van der Waals surface area contributed by atoms with E-state index in [1.807, 2.05) is 11.4 Å². The third kappa shape index (κ3) is 2.83. The number of carbonyl (C=O) groups excluding carboxylic acids is 1. The highest BCUT2D eigenvalue weighted by molar-refractivity contribution is 7.09. The highest BCUT2D eigenvalue weighted by Crippen LogP contribution is 2.23. The average molecular weight is 342 g/mol. The van der Waals surface area contributed by atoms with Gasteiger partial charge in [-0.15, -0.1) is 11.3 Å². The molecule has 0 bridgehead atoms. The van der Waals surface area contributed by atoms with Gasteiger partial charge in [0, 0.05) is 17.0 Å². The standard InChI is InChI=1S/C17H15FN4OS/c18-12-5-3-11(4-6-12)14-8-15-17(23)20-10-16(22(15)21-14)19-9-13-2-1-7-24-13/h1-8,16,19H,9-10H2,(H,20,23). The molecule has 7 heteroatoms. The van der Waals surface area contributed by atoms with Crippen molar-refractivity contribution < 1.29 is 9.18 Å². The van der Waals surface area contributed by atoms with Crippen LogP contribution in [0.25, 0.3) is 11.3 Å². The average Bonchev–Trinajstić information content (AvgIpc) is 3.25. The lowest BCUT2D eigenvalue weighted by Gasteiger charge is -2.25. The molecule has 5 nitrogen and oxygen atoms in total. The van der Waals surface area contributed by atoms with Crippen LogP contribution >= 0.6 is 11.3 Å². The molecule has 3 heterocycles. The number of fused-ring (bicyclic) bond motifs is 1. The predicted molar refractivity (Wildman–Crippen MR) is 90.1 cm³/mol. The lowest BCUT2D eigenvalue weighted by molar-refractivity contribution is 0.0900. The van der Waals surface area contributed by atoms with Gasteiger partial charge in [-0.05, 0) is 41.8 Å². The molecule has 2 aromatic heterocycles. The Balaban J connectivity index is 1.62. The van der Waals surface area contributed by atoms with Gasteiger partial charge in [0.2, 0.25) is 0 Å². The Hall–Kier alpha value is -2.51. The minimum absolute atomic E-state index is 0.117. The molecule has 1 aliphatic heterocycles. The van der Waals surface area contributed by atoms with E-state index in [0.717, 1.165) is 5.56 Å². The van der Waals surface area contributed by atoms with Crippen molar-refractivity contribution in [2.75, 3.05) is 6.54 Å². The Morgan fingerprint density at radius 2 is 2.17 bits per heavy atom. The van der Waals surface area contributed by atoms with Crippen molar-refractivity contribution >= 4 is 17.2 Å². The van der Waals surface area contributed by atoms with Crippen molar-refractivity contribution in [3.63, 3.8) is 0 Å². The summed E-state index contributed by atoms with van der Waals surface area (Å²) in [5.74, 6) is -0.444. The van der Waals surface area contributed by atoms with Crippen LogP contribution in [-0.2, 0) is 6.54 Å². The lowest BCUT2D eigenvalue weighted by Crippen LogP contribution is -2.45. The van der Waals surface area contributed by atoms with E-state index in [9.17, 15) is 9.18 Å². The molecule has 1 atom stereocenters. The van der Waals surface area contributed by atoms with Gasteiger partial charge in [-0.1, -0.05) is 6.07 Å². The van der Waals surface area contributed by atoms with E-state index in [2.05, 4.69) is 21.8 Å². The number of carbonyl (C=O) groups is 1. The number of hydrogen-bond donors (Lipinski definition) is 2. The number of thiophene rings is 1. The van der Waals surface area contributed by atoms with Gasteiger partial charge in [0.1, 0.15) is 17.7 Å². The first-order chi connectivity index (χ1) is 11.7. The summed E-state index contributed by atoms with van der Waals surface area (Å²) in [5, 5.41) is 12.9. The maximum atomic E-state index is 13.1. The molecule has 2 N–H and O–H groups in total. The largest absolute Gasteiger partial charge is 0.347 e. The molecule has 122 valence electrons. The zero-order chi connectivity index (χ0) is 16.5. The van der Waals surface area contributed by atoms with E-state index < -0.39 is 0 Å². The summed E-state index contributed by atoms with van der Waals surface area (Å²) in [6.07, 6.45) is -0.117. The van der Waals surface area contributed by atoms with Crippen LogP contribution in [0.4, 0.5) is 4.39 Å². The van der Waals surface area contributed by atoms with Crippen LogP contribution in [0.2, 0.25) is 0 Å². The van der Waals surface area contributed by atoms with Crippen molar-refractivity contribution in [1.82, 2.24) is 20.4 Å². The maximum Gasteiger partial charge on any atom is 0.269 e. The first-order valence-corrected chi connectivity index (χ1v) is 8.48. The number of aromatic nitrogens is 2. The number of halogens is 1. The first kappa shape index (κ1) is 15.0. The number of rotatable bonds is 4. The molecule has 0 aliphatic carbocycles. The zero-order valence-electron chi connectivity index (χ0n) is 12.7. The third-order valence-corrected chi connectivity index (χ3v) is 4.83. The van der Waals surface area contributed by atoms with E-state index in [0.29, 0.717) is 24.5 Å². The molecule has 0 fully saturated rings. The molecule has 3 aromatic rings. The first-order valence-electron chi connectivity index (χ1n) is 7.60. The van der Waals surface area contributed by atoms with Crippen molar-refractivity contribution in [1.29, 1.82) is 0 Å². The second kappa shape index (κ2) is 6.18. The number of benzene rings is 1. The van der Waals surface area contributed by atoms with Gasteiger partial charge in [0.15, 0.2) is 0 Å². The molecule has 1 aromatic carbocycles. The quantitative estimate of drug-likeness (QED) is 0.766. The molecule has 0 saturated carbocycles.